The largest absolute Gasteiger partial charge is 0.483 e. The summed E-state index contributed by atoms with van der Waals surface area (Å²) in [6.45, 7) is -0.255. The normalized spacial score (nSPS) is 10.4. The van der Waals surface area contributed by atoms with E-state index in [1.54, 1.807) is 0 Å². The molecule has 0 saturated heterocycles. The second-order valence-electron chi connectivity index (χ2n) is 3.59. The number of ether oxygens (including phenoxy) is 1. The summed E-state index contributed by atoms with van der Waals surface area (Å²) in [5.41, 5.74) is 0.275. The number of halogens is 4. The number of benzene rings is 2. The van der Waals surface area contributed by atoms with Crippen LogP contribution in [0.4, 0.5) is 17.6 Å². The molecule has 5 heteroatoms. The number of rotatable bonds is 3. The zero-order valence-corrected chi connectivity index (χ0v) is 9.09. The Morgan fingerprint density at radius 2 is 1.44 bits per heavy atom. The third-order valence-corrected chi connectivity index (χ3v) is 2.29. The average molecular weight is 256 g/mol. The zero-order chi connectivity index (χ0) is 13.1. The van der Waals surface area contributed by atoms with Crippen molar-refractivity contribution in [2.24, 2.45) is 0 Å². The SMILES string of the molecule is Fc1ccc(COc2c(F)cccc2F)cc1F. The van der Waals surface area contributed by atoms with E-state index >= 15 is 0 Å². The summed E-state index contributed by atoms with van der Waals surface area (Å²) >= 11 is 0. The highest BCUT2D eigenvalue weighted by Gasteiger charge is 2.10. The molecule has 0 atom stereocenters. The number of hydrogen-bond donors (Lipinski definition) is 0. The molecule has 2 aromatic carbocycles. The highest BCUT2D eigenvalue weighted by molar-refractivity contribution is 5.27. The van der Waals surface area contributed by atoms with E-state index in [0.717, 1.165) is 24.3 Å². The molecule has 0 radical (unpaired) electrons. The van der Waals surface area contributed by atoms with Gasteiger partial charge in [-0.05, 0) is 29.8 Å². The first-order valence-electron chi connectivity index (χ1n) is 5.08. The van der Waals surface area contributed by atoms with Crippen molar-refractivity contribution >= 4 is 0 Å². The van der Waals surface area contributed by atoms with Gasteiger partial charge >= 0.3 is 0 Å². The second kappa shape index (κ2) is 5.08. The fourth-order valence-corrected chi connectivity index (χ4v) is 1.41. The van der Waals surface area contributed by atoms with Crippen LogP contribution in [0.15, 0.2) is 36.4 Å². The Hall–Kier alpha value is -2.04. The molecule has 1 nitrogen and oxygen atoms in total. The fourth-order valence-electron chi connectivity index (χ4n) is 1.41. The monoisotopic (exact) mass is 256 g/mol. The van der Waals surface area contributed by atoms with Crippen LogP contribution >= 0.6 is 0 Å². The van der Waals surface area contributed by atoms with Crippen molar-refractivity contribution in [3.05, 3.63) is 65.2 Å². The van der Waals surface area contributed by atoms with Gasteiger partial charge < -0.3 is 4.74 Å². The Morgan fingerprint density at radius 1 is 0.778 bits per heavy atom. The maximum absolute atomic E-state index is 13.2. The van der Waals surface area contributed by atoms with E-state index in [1.165, 1.54) is 12.1 Å². The van der Waals surface area contributed by atoms with Crippen molar-refractivity contribution in [2.45, 2.75) is 6.61 Å². The van der Waals surface area contributed by atoms with E-state index in [2.05, 4.69) is 0 Å². The van der Waals surface area contributed by atoms with Gasteiger partial charge in [-0.25, -0.2) is 17.6 Å². The molecule has 0 fully saturated rings. The van der Waals surface area contributed by atoms with Crippen LogP contribution in [0.3, 0.4) is 0 Å². The van der Waals surface area contributed by atoms with Gasteiger partial charge in [0.1, 0.15) is 6.61 Å². The minimum atomic E-state index is -1.04. The van der Waals surface area contributed by atoms with Crippen LogP contribution in [0.5, 0.6) is 5.75 Å². The molecule has 0 heterocycles. The minimum absolute atomic E-state index is 0.255. The van der Waals surface area contributed by atoms with Gasteiger partial charge in [0.05, 0.1) is 0 Å². The molecule has 0 aliphatic heterocycles. The van der Waals surface area contributed by atoms with Gasteiger partial charge in [0.15, 0.2) is 29.0 Å². The molecule has 0 N–H and O–H groups in total. The number of hydrogen-bond acceptors (Lipinski definition) is 1. The fraction of sp³-hybridized carbons (Fsp3) is 0.0769. The Balaban J connectivity index is 2.14. The summed E-state index contributed by atoms with van der Waals surface area (Å²) in [5, 5.41) is 0. The summed E-state index contributed by atoms with van der Waals surface area (Å²) in [7, 11) is 0. The molecule has 18 heavy (non-hydrogen) atoms. The molecular weight excluding hydrogens is 248 g/mol. The molecule has 0 aliphatic carbocycles. The zero-order valence-electron chi connectivity index (χ0n) is 9.09. The molecule has 0 spiro atoms. The van der Waals surface area contributed by atoms with Crippen molar-refractivity contribution in [1.29, 1.82) is 0 Å². The van der Waals surface area contributed by atoms with Gasteiger partial charge in [-0.2, -0.15) is 0 Å². The van der Waals surface area contributed by atoms with Gasteiger partial charge in [0.25, 0.3) is 0 Å². The van der Waals surface area contributed by atoms with Crippen LogP contribution in [0, 0.1) is 23.3 Å². The van der Waals surface area contributed by atoms with Crippen LogP contribution in [0.2, 0.25) is 0 Å². The molecule has 2 rings (SSSR count). The van der Waals surface area contributed by atoms with E-state index in [1.807, 2.05) is 0 Å². The van der Waals surface area contributed by atoms with E-state index in [9.17, 15) is 17.6 Å². The lowest BCUT2D eigenvalue weighted by Gasteiger charge is -2.08. The molecular formula is C13H8F4O. The van der Waals surface area contributed by atoms with Crippen LogP contribution in [-0.4, -0.2) is 0 Å². The third-order valence-electron chi connectivity index (χ3n) is 2.29. The minimum Gasteiger partial charge on any atom is -0.483 e. The molecule has 0 bridgehead atoms. The van der Waals surface area contributed by atoms with Crippen molar-refractivity contribution < 1.29 is 22.3 Å². The van der Waals surface area contributed by atoms with Crippen molar-refractivity contribution in [3.63, 3.8) is 0 Å². The first kappa shape index (κ1) is 12.4. The first-order chi connectivity index (χ1) is 8.58. The molecule has 0 aliphatic rings. The van der Waals surface area contributed by atoms with E-state index < -0.39 is 29.0 Å². The Morgan fingerprint density at radius 3 is 2.06 bits per heavy atom. The predicted octanol–water partition coefficient (Wildman–Crippen LogP) is 3.82. The standard InChI is InChI=1S/C13H8F4O/c14-9-5-4-8(6-12(9)17)7-18-13-10(15)2-1-3-11(13)16/h1-6H,7H2. The van der Waals surface area contributed by atoms with Gasteiger partial charge in [-0.1, -0.05) is 12.1 Å². The molecule has 0 unspecified atom stereocenters. The van der Waals surface area contributed by atoms with Gasteiger partial charge in [-0.15, -0.1) is 0 Å². The predicted molar refractivity (Wildman–Crippen MR) is 57.0 cm³/mol. The van der Waals surface area contributed by atoms with E-state index in [0.29, 0.717) is 0 Å². The Labute approximate surface area is 101 Å². The summed E-state index contributed by atoms with van der Waals surface area (Å²) in [6.07, 6.45) is 0. The van der Waals surface area contributed by atoms with Crippen molar-refractivity contribution in [1.82, 2.24) is 0 Å². The van der Waals surface area contributed by atoms with Gasteiger partial charge in [0, 0.05) is 0 Å². The Bertz CT molecular complexity index is 549. The maximum Gasteiger partial charge on any atom is 0.191 e. The first-order valence-corrected chi connectivity index (χ1v) is 5.08. The summed E-state index contributed by atoms with van der Waals surface area (Å²) in [5.74, 6) is -4.27. The molecule has 94 valence electrons. The highest BCUT2D eigenvalue weighted by Crippen LogP contribution is 2.22. The lowest BCUT2D eigenvalue weighted by molar-refractivity contribution is 0.273. The van der Waals surface area contributed by atoms with Gasteiger partial charge in [0.2, 0.25) is 0 Å². The van der Waals surface area contributed by atoms with Gasteiger partial charge in [-0.3, -0.25) is 0 Å². The smallest absolute Gasteiger partial charge is 0.191 e. The van der Waals surface area contributed by atoms with Crippen LogP contribution in [-0.2, 0) is 6.61 Å². The highest BCUT2D eigenvalue weighted by atomic mass is 19.2. The maximum atomic E-state index is 13.2. The van der Waals surface area contributed by atoms with E-state index in [-0.39, 0.29) is 12.2 Å². The van der Waals surface area contributed by atoms with E-state index in [4.69, 9.17) is 4.74 Å². The molecule has 0 aromatic heterocycles. The molecule has 0 saturated carbocycles. The number of para-hydroxylation sites is 1. The quantitative estimate of drug-likeness (QED) is 0.758. The topological polar surface area (TPSA) is 9.23 Å². The lowest BCUT2D eigenvalue weighted by Crippen LogP contribution is -2.00. The van der Waals surface area contributed by atoms with Crippen LogP contribution in [0.1, 0.15) is 5.56 Å². The van der Waals surface area contributed by atoms with Crippen molar-refractivity contribution in [3.8, 4) is 5.75 Å². The summed E-state index contributed by atoms with van der Waals surface area (Å²) < 4.78 is 56.8. The van der Waals surface area contributed by atoms with Crippen LogP contribution < -0.4 is 4.74 Å². The third kappa shape index (κ3) is 2.61. The van der Waals surface area contributed by atoms with Crippen molar-refractivity contribution in [2.75, 3.05) is 0 Å². The summed E-state index contributed by atoms with van der Waals surface area (Å²) in [6, 6.07) is 6.40. The molecule has 2 aromatic rings. The lowest BCUT2D eigenvalue weighted by atomic mass is 10.2. The second-order valence-corrected chi connectivity index (χ2v) is 3.59. The molecule has 0 amide bonds. The summed E-state index contributed by atoms with van der Waals surface area (Å²) in [4.78, 5) is 0. The van der Waals surface area contributed by atoms with Crippen LogP contribution in [0.25, 0.3) is 0 Å². The Kier molecular flexibility index (Phi) is 3.50. The average Bonchev–Trinajstić information content (AvgIpc) is 2.33.